The van der Waals surface area contributed by atoms with Crippen LogP contribution in [-0.2, 0) is 9.59 Å². The Morgan fingerprint density at radius 1 is 1.05 bits per heavy atom. The molecule has 2 rings (SSSR count). The molecule has 0 aromatic carbocycles. The Balaban J connectivity index is 2.08. The van der Waals surface area contributed by atoms with E-state index in [2.05, 4.69) is 11.5 Å². The number of carbonyl (C=O) groups excluding carboxylic acids is 2. The van der Waals surface area contributed by atoms with Crippen molar-refractivity contribution in [3.63, 3.8) is 0 Å². The smallest absolute Gasteiger partial charge is 0.245 e. The molecule has 106 valence electrons. The van der Waals surface area contributed by atoms with Crippen molar-refractivity contribution in [1.82, 2.24) is 9.80 Å². The summed E-state index contributed by atoms with van der Waals surface area (Å²) in [5.41, 5.74) is 5.14. The molecule has 2 fully saturated rings. The molecule has 0 unspecified atom stereocenters. The number of piperidine rings is 2. The Bertz CT molecular complexity index is 367. The van der Waals surface area contributed by atoms with Crippen LogP contribution in [0.5, 0.6) is 0 Å². The maximum atomic E-state index is 12.0. The van der Waals surface area contributed by atoms with E-state index in [1.54, 1.807) is 4.90 Å². The van der Waals surface area contributed by atoms with E-state index in [4.69, 9.17) is 5.73 Å². The maximum Gasteiger partial charge on any atom is 0.245 e. The summed E-state index contributed by atoms with van der Waals surface area (Å²) in [6.45, 7) is 6.56. The lowest BCUT2D eigenvalue weighted by Crippen LogP contribution is -2.63. The number of nitrogens with two attached hydrogens (primary N) is 1. The normalized spacial score (nSPS) is 23.9. The standard InChI is InChI=1S/C14H23N3O2/c1-2-12(18)16-10-6-14(7-11-16,13(15)19)17-8-4-3-5-9-17/h2H,1,3-11H2,(H2,15,19). The number of hydrogen-bond acceptors (Lipinski definition) is 3. The molecular weight excluding hydrogens is 242 g/mol. The summed E-state index contributed by atoms with van der Waals surface area (Å²) in [5, 5.41) is 0. The van der Waals surface area contributed by atoms with Crippen LogP contribution in [0.2, 0.25) is 0 Å². The monoisotopic (exact) mass is 265 g/mol. The van der Waals surface area contributed by atoms with E-state index in [0.29, 0.717) is 25.9 Å². The molecule has 0 aliphatic carbocycles. The van der Waals surface area contributed by atoms with Gasteiger partial charge < -0.3 is 10.6 Å². The van der Waals surface area contributed by atoms with Crippen LogP contribution in [0.25, 0.3) is 0 Å². The molecule has 0 bridgehead atoms. The number of nitrogens with zero attached hydrogens (tertiary/aromatic N) is 2. The molecule has 2 amide bonds. The zero-order valence-corrected chi connectivity index (χ0v) is 11.4. The van der Waals surface area contributed by atoms with E-state index in [9.17, 15) is 9.59 Å². The van der Waals surface area contributed by atoms with Crippen LogP contribution in [0.3, 0.4) is 0 Å². The first-order chi connectivity index (χ1) is 9.10. The van der Waals surface area contributed by atoms with Gasteiger partial charge in [0.05, 0.1) is 0 Å². The average molecular weight is 265 g/mol. The second kappa shape index (κ2) is 5.74. The van der Waals surface area contributed by atoms with E-state index in [-0.39, 0.29) is 11.8 Å². The lowest BCUT2D eigenvalue weighted by molar-refractivity contribution is -0.139. The van der Waals surface area contributed by atoms with E-state index in [1.165, 1.54) is 12.5 Å². The molecule has 5 heteroatoms. The fourth-order valence-electron chi connectivity index (χ4n) is 3.27. The van der Waals surface area contributed by atoms with Crippen LogP contribution in [0.15, 0.2) is 12.7 Å². The molecule has 2 saturated heterocycles. The Labute approximate surface area is 114 Å². The summed E-state index contributed by atoms with van der Waals surface area (Å²) in [6, 6.07) is 0. The molecular formula is C14H23N3O2. The molecule has 19 heavy (non-hydrogen) atoms. The fraction of sp³-hybridized carbons (Fsp3) is 0.714. The highest BCUT2D eigenvalue weighted by molar-refractivity contribution is 5.88. The van der Waals surface area contributed by atoms with E-state index in [1.807, 2.05) is 0 Å². The molecule has 0 aromatic rings. The number of hydrogen-bond donors (Lipinski definition) is 1. The molecule has 0 spiro atoms. The summed E-state index contributed by atoms with van der Waals surface area (Å²) in [4.78, 5) is 27.6. The summed E-state index contributed by atoms with van der Waals surface area (Å²) >= 11 is 0. The molecule has 2 aliphatic heterocycles. The largest absolute Gasteiger partial charge is 0.368 e. The van der Waals surface area contributed by atoms with Gasteiger partial charge in [0.1, 0.15) is 5.54 Å². The number of carbonyl (C=O) groups is 2. The van der Waals surface area contributed by atoms with Crippen molar-refractivity contribution >= 4 is 11.8 Å². The van der Waals surface area contributed by atoms with Crippen molar-refractivity contribution in [2.24, 2.45) is 5.73 Å². The summed E-state index contributed by atoms with van der Waals surface area (Å²) < 4.78 is 0. The number of amides is 2. The van der Waals surface area contributed by atoms with Gasteiger partial charge in [-0.2, -0.15) is 0 Å². The van der Waals surface area contributed by atoms with Crippen LogP contribution in [0.4, 0.5) is 0 Å². The third-order valence-corrected chi connectivity index (χ3v) is 4.50. The summed E-state index contributed by atoms with van der Waals surface area (Å²) in [6.07, 6.45) is 6.10. The van der Waals surface area contributed by atoms with Crippen LogP contribution >= 0.6 is 0 Å². The molecule has 5 nitrogen and oxygen atoms in total. The molecule has 0 saturated carbocycles. The van der Waals surface area contributed by atoms with E-state index >= 15 is 0 Å². The van der Waals surface area contributed by atoms with Crippen LogP contribution < -0.4 is 5.73 Å². The van der Waals surface area contributed by atoms with Gasteiger partial charge in [0.15, 0.2) is 0 Å². The first-order valence-electron chi connectivity index (χ1n) is 7.06. The Hall–Kier alpha value is -1.36. The topological polar surface area (TPSA) is 66.6 Å². The Morgan fingerprint density at radius 3 is 2.11 bits per heavy atom. The van der Waals surface area contributed by atoms with Crippen LogP contribution in [-0.4, -0.2) is 53.3 Å². The zero-order valence-electron chi connectivity index (χ0n) is 11.4. The summed E-state index contributed by atoms with van der Waals surface area (Å²) in [5.74, 6) is -0.295. The lowest BCUT2D eigenvalue weighted by Gasteiger charge is -2.48. The highest BCUT2D eigenvalue weighted by Crippen LogP contribution is 2.31. The third-order valence-electron chi connectivity index (χ3n) is 4.50. The van der Waals surface area contributed by atoms with Gasteiger partial charge in [0.25, 0.3) is 0 Å². The highest BCUT2D eigenvalue weighted by atomic mass is 16.2. The lowest BCUT2D eigenvalue weighted by atomic mass is 9.83. The first kappa shape index (κ1) is 14.1. The van der Waals surface area contributed by atoms with Crippen molar-refractivity contribution in [3.05, 3.63) is 12.7 Å². The number of primary amides is 1. The molecule has 2 heterocycles. The van der Waals surface area contributed by atoms with E-state index < -0.39 is 5.54 Å². The SMILES string of the molecule is C=CC(=O)N1CCC(C(N)=O)(N2CCCCC2)CC1. The predicted octanol–water partition coefficient (Wildman–Crippen LogP) is 0.505. The molecule has 0 radical (unpaired) electrons. The second-order valence-electron chi connectivity index (χ2n) is 5.47. The summed E-state index contributed by atoms with van der Waals surface area (Å²) in [7, 11) is 0. The van der Waals surface area contributed by atoms with Crippen molar-refractivity contribution in [1.29, 1.82) is 0 Å². The Kier molecular flexibility index (Phi) is 4.24. The predicted molar refractivity (Wildman–Crippen MR) is 73.4 cm³/mol. The highest BCUT2D eigenvalue weighted by Gasteiger charge is 2.45. The number of rotatable bonds is 3. The van der Waals surface area contributed by atoms with Gasteiger partial charge in [-0.15, -0.1) is 0 Å². The van der Waals surface area contributed by atoms with Gasteiger partial charge in [-0.25, -0.2) is 0 Å². The van der Waals surface area contributed by atoms with Crippen LogP contribution in [0, 0.1) is 0 Å². The van der Waals surface area contributed by atoms with Crippen molar-refractivity contribution in [2.75, 3.05) is 26.2 Å². The van der Waals surface area contributed by atoms with E-state index in [0.717, 1.165) is 25.9 Å². The van der Waals surface area contributed by atoms with Gasteiger partial charge in [0.2, 0.25) is 11.8 Å². The van der Waals surface area contributed by atoms with Gasteiger partial charge in [-0.1, -0.05) is 13.0 Å². The average Bonchev–Trinajstić information content (AvgIpc) is 2.47. The van der Waals surface area contributed by atoms with Gasteiger partial charge in [0, 0.05) is 13.1 Å². The van der Waals surface area contributed by atoms with Crippen molar-refractivity contribution in [3.8, 4) is 0 Å². The quantitative estimate of drug-likeness (QED) is 0.756. The fourth-order valence-corrected chi connectivity index (χ4v) is 3.27. The van der Waals surface area contributed by atoms with Crippen molar-refractivity contribution < 1.29 is 9.59 Å². The van der Waals surface area contributed by atoms with Crippen molar-refractivity contribution in [2.45, 2.75) is 37.6 Å². The zero-order chi connectivity index (χ0) is 13.9. The molecule has 0 aromatic heterocycles. The molecule has 2 aliphatic rings. The Morgan fingerprint density at radius 2 is 1.63 bits per heavy atom. The van der Waals surface area contributed by atoms with Gasteiger partial charge in [-0.05, 0) is 44.8 Å². The van der Waals surface area contributed by atoms with Crippen LogP contribution in [0.1, 0.15) is 32.1 Å². The minimum Gasteiger partial charge on any atom is -0.368 e. The maximum absolute atomic E-state index is 12.0. The minimum absolute atomic E-state index is 0.0586. The minimum atomic E-state index is -0.543. The third kappa shape index (κ3) is 2.66. The van der Waals surface area contributed by atoms with Gasteiger partial charge >= 0.3 is 0 Å². The van der Waals surface area contributed by atoms with Gasteiger partial charge in [-0.3, -0.25) is 14.5 Å². The number of likely N-dealkylation sites (tertiary alicyclic amines) is 2. The molecule has 0 atom stereocenters. The molecule has 2 N–H and O–H groups in total. The second-order valence-corrected chi connectivity index (χ2v) is 5.47. The first-order valence-corrected chi connectivity index (χ1v) is 7.06.